The zero-order valence-corrected chi connectivity index (χ0v) is 11.2. The Hall–Kier alpha value is -1.91. The summed E-state index contributed by atoms with van der Waals surface area (Å²) in [5, 5.41) is 0. The molecule has 1 aromatic carbocycles. The van der Waals surface area contributed by atoms with Crippen LogP contribution in [-0.4, -0.2) is 11.8 Å². The van der Waals surface area contributed by atoms with Crippen LogP contribution in [0.25, 0.3) is 0 Å². The highest BCUT2D eigenvalue weighted by molar-refractivity contribution is 6.18. The van der Waals surface area contributed by atoms with Gasteiger partial charge in [-0.05, 0) is 30.4 Å². The number of hydrogen-bond acceptors (Lipinski definition) is 3. The lowest BCUT2D eigenvalue weighted by molar-refractivity contribution is -0.133. The van der Waals surface area contributed by atoms with E-state index in [-0.39, 0.29) is 28.6 Å². The lowest BCUT2D eigenvalue weighted by Gasteiger charge is -2.37. The first-order valence-electron chi connectivity index (χ1n) is 6.92. The fraction of sp³-hybridized carbons (Fsp3) is 0.467. The molecule has 1 heterocycles. The molecule has 2 N–H and O–H groups in total. The van der Waals surface area contributed by atoms with Gasteiger partial charge in [-0.3, -0.25) is 9.59 Å². The van der Waals surface area contributed by atoms with Gasteiger partial charge in [0.25, 0.3) is 0 Å². The number of benzene rings is 1. The standard InChI is InChI=1S/C15H17FN2O2/c16-10-3-4-11(17)12(7-10)18-13(19)8-15(9-14(18)20)5-1-2-6-15/h3-4,7H,1-2,5-6,8-9,17H2. The molecule has 1 saturated carbocycles. The number of hydrogen-bond donors (Lipinski definition) is 1. The number of carbonyl (C=O) groups excluding carboxylic acids is 2. The van der Waals surface area contributed by atoms with Crippen LogP contribution < -0.4 is 10.6 Å². The van der Waals surface area contributed by atoms with Crippen molar-refractivity contribution in [3.05, 3.63) is 24.0 Å². The summed E-state index contributed by atoms with van der Waals surface area (Å²) in [4.78, 5) is 25.8. The fourth-order valence-corrected chi connectivity index (χ4v) is 3.46. The molecule has 0 bridgehead atoms. The van der Waals surface area contributed by atoms with Crippen molar-refractivity contribution in [3.63, 3.8) is 0 Å². The molecule has 2 amide bonds. The summed E-state index contributed by atoms with van der Waals surface area (Å²) in [7, 11) is 0. The normalized spacial score (nSPS) is 21.8. The summed E-state index contributed by atoms with van der Waals surface area (Å²) in [6.45, 7) is 0. The van der Waals surface area contributed by atoms with E-state index in [1.54, 1.807) is 0 Å². The molecule has 20 heavy (non-hydrogen) atoms. The molecule has 0 radical (unpaired) electrons. The summed E-state index contributed by atoms with van der Waals surface area (Å²) in [5.74, 6) is -1.03. The summed E-state index contributed by atoms with van der Waals surface area (Å²) < 4.78 is 13.3. The van der Waals surface area contributed by atoms with Crippen LogP contribution >= 0.6 is 0 Å². The van der Waals surface area contributed by atoms with Gasteiger partial charge in [0.1, 0.15) is 5.82 Å². The highest BCUT2D eigenvalue weighted by Crippen LogP contribution is 2.48. The van der Waals surface area contributed by atoms with Crippen LogP contribution in [0.1, 0.15) is 38.5 Å². The number of nitrogens with zero attached hydrogens (tertiary/aromatic N) is 1. The summed E-state index contributed by atoms with van der Waals surface area (Å²) in [5.41, 5.74) is 6.04. The number of nitrogens with two attached hydrogens (primary N) is 1. The fourth-order valence-electron chi connectivity index (χ4n) is 3.46. The lowest BCUT2D eigenvalue weighted by Crippen LogP contribution is -2.47. The van der Waals surface area contributed by atoms with E-state index in [1.165, 1.54) is 12.1 Å². The van der Waals surface area contributed by atoms with Crippen LogP contribution in [0, 0.1) is 11.2 Å². The van der Waals surface area contributed by atoms with Gasteiger partial charge >= 0.3 is 0 Å². The summed E-state index contributed by atoms with van der Waals surface area (Å²) in [6, 6.07) is 3.75. The molecule has 1 saturated heterocycles. The van der Waals surface area contributed by atoms with Crippen molar-refractivity contribution in [1.29, 1.82) is 0 Å². The Kier molecular flexibility index (Phi) is 3.00. The van der Waals surface area contributed by atoms with Gasteiger partial charge in [0.05, 0.1) is 11.4 Å². The SMILES string of the molecule is Nc1ccc(F)cc1N1C(=O)CC2(CCCC2)CC1=O. The van der Waals surface area contributed by atoms with Crippen LogP contribution in [0.4, 0.5) is 15.8 Å². The van der Waals surface area contributed by atoms with E-state index in [0.717, 1.165) is 36.6 Å². The first-order valence-corrected chi connectivity index (χ1v) is 6.92. The summed E-state index contributed by atoms with van der Waals surface area (Å²) in [6.07, 6.45) is 4.71. The first kappa shape index (κ1) is 13.1. The molecule has 0 atom stereocenters. The van der Waals surface area contributed by atoms with Gasteiger partial charge in [-0.2, -0.15) is 0 Å². The molecule has 5 heteroatoms. The van der Waals surface area contributed by atoms with E-state index in [9.17, 15) is 14.0 Å². The van der Waals surface area contributed by atoms with Crippen molar-refractivity contribution in [2.75, 3.05) is 10.6 Å². The maximum absolute atomic E-state index is 13.3. The van der Waals surface area contributed by atoms with Gasteiger partial charge < -0.3 is 5.73 Å². The van der Waals surface area contributed by atoms with Gasteiger partial charge in [-0.1, -0.05) is 12.8 Å². The van der Waals surface area contributed by atoms with E-state index in [0.29, 0.717) is 12.8 Å². The van der Waals surface area contributed by atoms with Crippen molar-refractivity contribution < 1.29 is 14.0 Å². The Morgan fingerprint density at radius 1 is 1.10 bits per heavy atom. The lowest BCUT2D eigenvalue weighted by atomic mass is 9.76. The van der Waals surface area contributed by atoms with Crippen molar-refractivity contribution in [2.45, 2.75) is 38.5 Å². The van der Waals surface area contributed by atoms with E-state index in [4.69, 9.17) is 5.73 Å². The second-order valence-corrected chi connectivity index (χ2v) is 5.89. The van der Waals surface area contributed by atoms with Gasteiger partial charge in [0.2, 0.25) is 11.8 Å². The molecular weight excluding hydrogens is 259 g/mol. The smallest absolute Gasteiger partial charge is 0.234 e. The maximum Gasteiger partial charge on any atom is 0.234 e. The van der Waals surface area contributed by atoms with Crippen molar-refractivity contribution in [1.82, 2.24) is 0 Å². The number of anilines is 2. The van der Waals surface area contributed by atoms with Crippen molar-refractivity contribution in [2.24, 2.45) is 5.41 Å². The average molecular weight is 276 g/mol. The van der Waals surface area contributed by atoms with E-state index in [2.05, 4.69) is 0 Å². The molecule has 1 spiro atoms. The van der Waals surface area contributed by atoms with E-state index >= 15 is 0 Å². The zero-order valence-electron chi connectivity index (χ0n) is 11.2. The predicted molar refractivity (Wildman–Crippen MR) is 73.4 cm³/mol. The number of imide groups is 1. The van der Waals surface area contributed by atoms with Crippen molar-refractivity contribution in [3.8, 4) is 0 Å². The van der Waals surface area contributed by atoms with E-state index < -0.39 is 5.82 Å². The molecule has 106 valence electrons. The highest BCUT2D eigenvalue weighted by Gasteiger charge is 2.45. The van der Waals surface area contributed by atoms with Crippen LogP contribution in [0.15, 0.2) is 18.2 Å². The molecule has 2 fully saturated rings. The van der Waals surface area contributed by atoms with Crippen LogP contribution in [-0.2, 0) is 9.59 Å². The third kappa shape index (κ3) is 2.07. The Bertz CT molecular complexity index is 559. The van der Waals surface area contributed by atoms with Gasteiger partial charge in [0.15, 0.2) is 0 Å². The predicted octanol–water partition coefficient (Wildman–Crippen LogP) is 2.62. The minimum absolute atomic E-state index is 0.160. The Morgan fingerprint density at radius 2 is 1.70 bits per heavy atom. The average Bonchev–Trinajstić information content (AvgIpc) is 2.80. The highest BCUT2D eigenvalue weighted by atomic mass is 19.1. The minimum atomic E-state index is -0.504. The number of piperidine rings is 1. The monoisotopic (exact) mass is 276 g/mol. The quantitative estimate of drug-likeness (QED) is 0.633. The van der Waals surface area contributed by atoms with Gasteiger partial charge in [-0.25, -0.2) is 9.29 Å². The third-order valence-electron chi connectivity index (χ3n) is 4.45. The van der Waals surface area contributed by atoms with Crippen molar-refractivity contribution >= 4 is 23.2 Å². The van der Waals surface area contributed by atoms with Crippen LogP contribution in [0.2, 0.25) is 0 Å². The minimum Gasteiger partial charge on any atom is -0.397 e. The third-order valence-corrected chi connectivity index (χ3v) is 4.45. The molecule has 0 aromatic heterocycles. The second-order valence-electron chi connectivity index (χ2n) is 5.89. The molecule has 1 aromatic rings. The Morgan fingerprint density at radius 3 is 2.30 bits per heavy atom. The molecule has 4 nitrogen and oxygen atoms in total. The van der Waals surface area contributed by atoms with Crippen LogP contribution in [0.5, 0.6) is 0 Å². The molecule has 3 rings (SSSR count). The maximum atomic E-state index is 13.3. The largest absolute Gasteiger partial charge is 0.397 e. The Balaban J connectivity index is 1.93. The molecular formula is C15H17FN2O2. The second kappa shape index (κ2) is 4.58. The Labute approximate surface area is 116 Å². The number of rotatable bonds is 1. The van der Waals surface area contributed by atoms with Gasteiger partial charge in [-0.15, -0.1) is 0 Å². The van der Waals surface area contributed by atoms with Crippen LogP contribution in [0.3, 0.4) is 0 Å². The number of amides is 2. The van der Waals surface area contributed by atoms with E-state index in [1.807, 2.05) is 0 Å². The molecule has 2 aliphatic rings. The number of nitrogen functional groups attached to an aromatic ring is 1. The first-order chi connectivity index (χ1) is 9.51. The number of carbonyl (C=O) groups is 2. The topological polar surface area (TPSA) is 63.4 Å². The molecule has 1 aliphatic carbocycles. The van der Waals surface area contributed by atoms with Gasteiger partial charge in [0, 0.05) is 18.9 Å². The summed E-state index contributed by atoms with van der Waals surface area (Å²) >= 11 is 0. The zero-order chi connectivity index (χ0) is 14.3. The molecule has 1 aliphatic heterocycles. The number of halogens is 1. The molecule has 0 unspecified atom stereocenters.